The van der Waals surface area contributed by atoms with Crippen LogP contribution in [-0.4, -0.2) is 21.8 Å². The summed E-state index contributed by atoms with van der Waals surface area (Å²) in [4.78, 5) is 24.8. The van der Waals surface area contributed by atoms with Crippen molar-refractivity contribution >= 4 is 22.7 Å². The average Bonchev–Trinajstić information content (AvgIpc) is 2.61. The summed E-state index contributed by atoms with van der Waals surface area (Å²) < 4.78 is 0. The summed E-state index contributed by atoms with van der Waals surface area (Å²) >= 11 is 0. The molecule has 16 heavy (non-hydrogen) atoms. The van der Waals surface area contributed by atoms with Crippen LogP contribution in [0.3, 0.4) is 0 Å². The predicted molar refractivity (Wildman–Crippen MR) is 59.3 cm³/mol. The molecule has 0 aliphatic carbocycles. The van der Waals surface area contributed by atoms with Crippen molar-refractivity contribution in [1.29, 1.82) is 0 Å². The molecule has 0 saturated heterocycles. The minimum atomic E-state index is -1.08. The summed E-state index contributed by atoms with van der Waals surface area (Å²) in [6.07, 6.45) is 1.50. The normalized spacial score (nSPS) is 10.5. The second-order valence-electron chi connectivity index (χ2n) is 3.65. The van der Waals surface area contributed by atoms with Gasteiger partial charge >= 0.3 is 5.97 Å². The minimum Gasteiger partial charge on any atom is -0.481 e. The molecule has 0 amide bonds. The number of aromatic amines is 1. The van der Waals surface area contributed by atoms with Gasteiger partial charge < -0.3 is 10.1 Å². The monoisotopic (exact) mass is 217 g/mol. The predicted octanol–water partition coefficient (Wildman–Crippen LogP) is 1.75. The summed E-state index contributed by atoms with van der Waals surface area (Å²) in [6.45, 7) is 0. The lowest BCUT2D eigenvalue weighted by Crippen LogP contribution is -2.08. The Kier molecular flexibility index (Phi) is 2.72. The molecule has 0 unspecified atom stereocenters. The first-order chi connectivity index (χ1) is 7.66. The summed E-state index contributed by atoms with van der Waals surface area (Å²) in [5, 5.41) is 9.47. The third-order valence-electron chi connectivity index (χ3n) is 2.41. The SMILES string of the molecule is O=C(O)CC(=O)Cc1c[nH]c2ccccc12. The molecule has 0 atom stereocenters. The van der Waals surface area contributed by atoms with Gasteiger partial charge in [-0.2, -0.15) is 0 Å². The fraction of sp³-hybridized carbons (Fsp3) is 0.167. The van der Waals surface area contributed by atoms with Gasteiger partial charge in [0.15, 0.2) is 0 Å². The van der Waals surface area contributed by atoms with Crippen molar-refractivity contribution < 1.29 is 14.7 Å². The lowest BCUT2D eigenvalue weighted by atomic mass is 10.1. The zero-order valence-corrected chi connectivity index (χ0v) is 8.56. The Morgan fingerprint density at radius 1 is 1.25 bits per heavy atom. The molecule has 4 heteroatoms. The Morgan fingerprint density at radius 2 is 2.00 bits per heavy atom. The van der Waals surface area contributed by atoms with E-state index in [1.165, 1.54) is 0 Å². The molecule has 0 bridgehead atoms. The average molecular weight is 217 g/mol. The number of para-hydroxylation sites is 1. The number of hydrogen-bond donors (Lipinski definition) is 2. The standard InChI is InChI=1S/C12H11NO3/c14-9(6-12(15)16)5-8-7-13-11-4-2-1-3-10(8)11/h1-4,7,13H,5-6H2,(H,15,16). The van der Waals surface area contributed by atoms with Gasteiger partial charge in [-0.05, 0) is 11.6 Å². The van der Waals surface area contributed by atoms with E-state index in [2.05, 4.69) is 4.98 Å². The topological polar surface area (TPSA) is 70.2 Å². The molecule has 0 radical (unpaired) electrons. The van der Waals surface area contributed by atoms with Crippen LogP contribution in [0, 0.1) is 0 Å². The number of carboxylic acids is 1. The Labute approximate surface area is 91.9 Å². The molecule has 0 aliphatic rings. The molecule has 0 saturated carbocycles. The highest BCUT2D eigenvalue weighted by Crippen LogP contribution is 2.18. The highest BCUT2D eigenvalue weighted by molar-refractivity contribution is 5.97. The van der Waals surface area contributed by atoms with Crippen molar-refractivity contribution in [3.8, 4) is 0 Å². The summed E-state index contributed by atoms with van der Waals surface area (Å²) in [7, 11) is 0. The number of ketones is 1. The molecular formula is C12H11NO3. The highest BCUT2D eigenvalue weighted by atomic mass is 16.4. The molecule has 2 rings (SSSR count). The van der Waals surface area contributed by atoms with E-state index < -0.39 is 12.4 Å². The van der Waals surface area contributed by atoms with Crippen molar-refractivity contribution in [1.82, 2.24) is 4.98 Å². The number of carbonyl (C=O) groups excluding carboxylic acids is 1. The van der Waals surface area contributed by atoms with Crippen molar-refractivity contribution in [2.75, 3.05) is 0 Å². The first-order valence-corrected chi connectivity index (χ1v) is 4.95. The van der Waals surface area contributed by atoms with Crippen LogP contribution in [0.15, 0.2) is 30.5 Å². The van der Waals surface area contributed by atoms with Crippen LogP contribution in [0.4, 0.5) is 0 Å². The Balaban J connectivity index is 2.21. The molecule has 1 aromatic carbocycles. The number of carbonyl (C=O) groups is 2. The van der Waals surface area contributed by atoms with Gasteiger partial charge in [0.05, 0.1) is 0 Å². The molecule has 0 fully saturated rings. The van der Waals surface area contributed by atoms with Gasteiger partial charge in [-0.3, -0.25) is 9.59 Å². The van der Waals surface area contributed by atoms with Crippen LogP contribution in [0.1, 0.15) is 12.0 Å². The molecule has 0 aliphatic heterocycles. The number of hydrogen-bond acceptors (Lipinski definition) is 2. The number of nitrogens with one attached hydrogen (secondary N) is 1. The highest BCUT2D eigenvalue weighted by Gasteiger charge is 2.11. The fourth-order valence-corrected chi connectivity index (χ4v) is 1.72. The molecule has 0 spiro atoms. The zero-order chi connectivity index (χ0) is 11.5. The number of benzene rings is 1. The third-order valence-corrected chi connectivity index (χ3v) is 2.41. The maximum absolute atomic E-state index is 11.4. The lowest BCUT2D eigenvalue weighted by molar-refractivity contribution is -0.140. The van der Waals surface area contributed by atoms with E-state index in [0.29, 0.717) is 0 Å². The molecule has 1 aromatic heterocycles. The lowest BCUT2D eigenvalue weighted by Gasteiger charge is -1.96. The van der Waals surface area contributed by atoms with E-state index in [9.17, 15) is 9.59 Å². The number of aliphatic carboxylic acids is 1. The van der Waals surface area contributed by atoms with E-state index >= 15 is 0 Å². The van der Waals surface area contributed by atoms with Crippen molar-refractivity contribution in [2.45, 2.75) is 12.8 Å². The van der Waals surface area contributed by atoms with Gasteiger partial charge in [-0.15, -0.1) is 0 Å². The first-order valence-electron chi connectivity index (χ1n) is 4.95. The summed E-state index contributed by atoms with van der Waals surface area (Å²) in [5.41, 5.74) is 1.81. The van der Waals surface area contributed by atoms with Gasteiger partial charge in [-0.1, -0.05) is 18.2 Å². The molecule has 2 N–H and O–H groups in total. The van der Waals surface area contributed by atoms with E-state index in [0.717, 1.165) is 16.5 Å². The quantitative estimate of drug-likeness (QED) is 0.766. The second kappa shape index (κ2) is 4.18. The summed E-state index contributed by atoms with van der Waals surface area (Å²) in [5.74, 6) is -1.36. The molecule has 4 nitrogen and oxygen atoms in total. The van der Waals surface area contributed by atoms with Crippen LogP contribution < -0.4 is 0 Å². The van der Waals surface area contributed by atoms with Gasteiger partial charge in [0.2, 0.25) is 0 Å². The number of fused-ring (bicyclic) bond motifs is 1. The maximum Gasteiger partial charge on any atom is 0.310 e. The van der Waals surface area contributed by atoms with Crippen molar-refractivity contribution in [3.63, 3.8) is 0 Å². The smallest absolute Gasteiger partial charge is 0.310 e. The van der Waals surface area contributed by atoms with Gasteiger partial charge in [0.25, 0.3) is 0 Å². The largest absolute Gasteiger partial charge is 0.481 e. The molecular weight excluding hydrogens is 206 g/mol. The van der Waals surface area contributed by atoms with Crippen molar-refractivity contribution in [2.24, 2.45) is 0 Å². The fourth-order valence-electron chi connectivity index (χ4n) is 1.72. The van der Waals surface area contributed by atoms with Crippen LogP contribution in [-0.2, 0) is 16.0 Å². The van der Waals surface area contributed by atoms with Gasteiger partial charge in [0, 0.05) is 23.5 Å². The van der Waals surface area contributed by atoms with Crippen LogP contribution in [0.5, 0.6) is 0 Å². The third kappa shape index (κ3) is 2.11. The summed E-state index contributed by atoms with van der Waals surface area (Å²) in [6, 6.07) is 7.62. The van der Waals surface area contributed by atoms with E-state index in [1.54, 1.807) is 6.20 Å². The Bertz CT molecular complexity index is 542. The van der Waals surface area contributed by atoms with Gasteiger partial charge in [-0.25, -0.2) is 0 Å². The number of rotatable bonds is 4. The van der Waals surface area contributed by atoms with Crippen molar-refractivity contribution in [3.05, 3.63) is 36.0 Å². The number of aromatic nitrogens is 1. The number of Topliss-reactive ketones (excluding diaryl/α,β-unsaturated/α-hetero) is 1. The van der Waals surface area contributed by atoms with E-state index in [-0.39, 0.29) is 12.2 Å². The second-order valence-corrected chi connectivity index (χ2v) is 3.65. The number of H-pyrrole nitrogens is 1. The molecule has 1 heterocycles. The Morgan fingerprint density at radius 3 is 2.75 bits per heavy atom. The van der Waals surface area contributed by atoms with Gasteiger partial charge in [0.1, 0.15) is 12.2 Å². The minimum absolute atomic E-state index is 0.163. The van der Waals surface area contributed by atoms with Crippen LogP contribution in [0.2, 0.25) is 0 Å². The van der Waals surface area contributed by atoms with Crippen LogP contribution in [0.25, 0.3) is 10.9 Å². The molecule has 2 aromatic rings. The van der Waals surface area contributed by atoms with E-state index in [1.807, 2.05) is 24.3 Å². The zero-order valence-electron chi connectivity index (χ0n) is 8.56. The Hall–Kier alpha value is -2.10. The maximum atomic E-state index is 11.4. The first kappa shape index (κ1) is 10.4. The molecule has 82 valence electrons. The number of carboxylic acid groups (broad SMARTS) is 1. The van der Waals surface area contributed by atoms with E-state index in [4.69, 9.17) is 5.11 Å². The van der Waals surface area contributed by atoms with Crippen LogP contribution >= 0.6 is 0 Å².